The van der Waals surface area contributed by atoms with Gasteiger partial charge in [0.25, 0.3) is 5.91 Å². The highest BCUT2D eigenvalue weighted by Crippen LogP contribution is 2.10. The molecule has 1 saturated heterocycles. The van der Waals surface area contributed by atoms with Crippen LogP contribution in [-0.2, 0) is 14.3 Å². The Morgan fingerprint density at radius 2 is 2.00 bits per heavy atom. The molecule has 1 heterocycles. The first-order valence-electron chi connectivity index (χ1n) is 4.03. The van der Waals surface area contributed by atoms with Gasteiger partial charge in [0.05, 0.1) is 0 Å². The van der Waals surface area contributed by atoms with Crippen LogP contribution in [-0.4, -0.2) is 24.0 Å². The highest BCUT2D eigenvalue weighted by Gasteiger charge is 2.34. The van der Waals surface area contributed by atoms with Gasteiger partial charge >= 0.3 is 5.97 Å². The molecule has 1 aliphatic rings. The summed E-state index contributed by atoms with van der Waals surface area (Å²) in [5, 5.41) is 2.60. The Hall–Kier alpha value is -1.06. The number of ether oxygens (including phenoxy) is 1. The summed E-state index contributed by atoms with van der Waals surface area (Å²) in [6.07, 6.45) is -0.646. The smallest absolute Gasteiger partial charge is 0.329 e. The molecule has 1 fully saturated rings. The third-order valence-corrected chi connectivity index (χ3v) is 1.88. The lowest BCUT2D eigenvalue weighted by Crippen LogP contribution is -2.55. The van der Waals surface area contributed by atoms with E-state index in [1.807, 2.05) is 13.8 Å². The standard InChI is InChI=1S/C8H13NO3/c1-4(2)6-8(11)12-5(3)7(10)9-6/h4-6H,1-3H3,(H,9,10)/t5?,6-/m0/s1. The number of carbonyl (C=O) groups excluding carboxylic acids is 2. The number of morpholine rings is 1. The molecule has 1 N–H and O–H groups in total. The number of amides is 1. The van der Waals surface area contributed by atoms with E-state index in [-0.39, 0.29) is 17.8 Å². The molecule has 0 bridgehead atoms. The quantitative estimate of drug-likeness (QED) is 0.568. The summed E-state index contributed by atoms with van der Waals surface area (Å²) < 4.78 is 4.82. The van der Waals surface area contributed by atoms with Gasteiger partial charge in [-0.2, -0.15) is 0 Å². The van der Waals surface area contributed by atoms with Crippen molar-refractivity contribution in [3.8, 4) is 0 Å². The van der Waals surface area contributed by atoms with E-state index in [4.69, 9.17) is 4.74 Å². The van der Waals surface area contributed by atoms with Gasteiger partial charge in [0.1, 0.15) is 6.04 Å². The Bertz CT molecular complexity index is 212. The molecule has 68 valence electrons. The zero-order valence-corrected chi connectivity index (χ0v) is 7.46. The Morgan fingerprint density at radius 3 is 2.50 bits per heavy atom. The van der Waals surface area contributed by atoms with Gasteiger partial charge in [-0.3, -0.25) is 4.79 Å². The summed E-state index contributed by atoms with van der Waals surface area (Å²) in [6.45, 7) is 5.29. The molecule has 12 heavy (non-hydrogen) atoms. The van der Waals surface area contributed by atoms with Gasteiger partial charge in [0.15, 0.2) is 6.10 Å². The van der Waals surface area contributed by atoms with Gasteiger partial charge in [-0.25, -0.2) is 4.79 Å². The summed E-state index contributed by atoms with van der Waals surface area (Å²) in [7, 11) is 0. The maximum absolute atomic E-state index is 11.2. The summed E-state index contributed by atoms with van der Waals surface area (Å²) in [6, 6.07) is -0.478. The van der Waals surface area contributed by atoms with E-state index in [1.165, 1.54) is 0 Å². The first kappa shape index (κ1) is 9.03. The van der Waals surface area contributed by atoms with E-state index in [1.54, 1.807) is 6.92 Å². The number of nitrogens with one attached hydrogen (secondary N) is 1. The third-order valence-electron chi connectivity index (χ3n) is 1.88. The van der Waals surface area contributed by atoms with Crippen LogP contribution >= 0.6 is 0 Å². The molecule has 0 radical (unpaired) electrons. The van der Waals surface area contributed by atoms with Crippen LogP contribution in [0, 0.1) is 5.92 Å². The second-order valence-electron chi connectivity index (χ2n) is 3.31. The van der Waals surface area contributed by atoms with Crippen molar-refractivity contribution in [2.75, 3.05) is 0 Å². The van der Waals surface area contributed by atoms with E-state index >= 15 is 0 Å². The van der Waals surface area contributed by atoms with Gasteiger partial charge in [-0.1, -0.05) is 13.8 Å². The predicted molar refractivity (Wildman–Crippen MR) is 42.3 cm³/mol. The number of cyclic esters (lactones) is 1. The number of esters is 1. The molecular weight excluding hydrogens is 158 g/mol. The first-order valence-corrected chi connectivity index (χ1v) is 4.03. The van der Waals surface area contributed by atoms with Crippen molar-refractivity contribution >= 4 is 11.9 Å². The van der Waals surface area contributed by atoms with Crippen LogP contribution in [0.25, 0.3) is 0 Å². The fourth-order valence-corrected chi connectivity index (χ4v) is 1.07. The number of rotatable bonds is 1. The van der Waals surface area contributed by atoms with Crippen LogP contribution < -0.4 is 5.32 Å². The zero-order chi connectivity index (χ0) is 9.30. The first-order chi connectivity index (χ1) is 5.52. The monoisotopic (exact) mass is 171 g/mol. The van der Waals surface area contributed by atoms with Gasteiger partial charge in [0.2, 0.25) is 0 Å². The third kappa shape index (κ3) is 1.57. The molecule has 0 spiro atoms. The Balaban J connectivity index is 2.68. The van der Waals surface area contributed by atoms with Crippen LogP contribution in [0.1, 0.15) is 20.8 Å². The van der Waals surface area contributed by atoms with Crippen LogP contribution in [0.15, 0.2) is 0 Å². The highest BCUT2D eigenvalue weighted by atomic mass is 16.6. The lowest BCUT2D eigenvalue weighted by Gasteiger charge is -2.28. The molecule has 1 aliphatic heterocycles. The molecule has 0 aromatic carbocycles. The second-order valence-corrected chi connectivity index (χ2v) is 3.31. The second kappa shape index (κ2) is 3.13. The van der Waals surface area contributed by atoms with Crippen LogP contribution in [0.5, 0.6) is 0 Å². The summed E-state index contributed by atoms with van der Waals surface area (Å²) in [4.78, 5) is 22.2. The molecule has 0 aromatic rings. The molecule has 1 amide bonds. The van der Waals surface area contributed by atoms with Crippen molar-refractivity contribution < 1.29 is 14.3 Å². The number of carbonyl (C=O) groups is 2. The average Bonchev–Trinajstić information content (AvgIpc) is 1.96. The summed E-state index contributed by atoms with van der Waals surface area (Å²) >= 11 is 0. The summed E-state index contributed by atoms with van der Waals surface area (Å²) in [5.74, 6) is -0.473. The van der Waals surface area contributed by atoms with Crippen molar-refractivity contribution in [1.29, 1.82) is 0 Å². The largest absolute Gasteiger partial charge is 0.451 e. The average molecular weight is 171 g/mol. The maximum atomic E-state index is 11.2. The normalized spacial score (nSPS) is 30.0. The fourth-order valence-electron chi connectivity index (χ4n) is 1.07. The molecular formula is C8H13NO3. The van der Waals surface area contributed by atoms with Gasteiger partial charge in [0, 0.05) is 0 Å². The Kier molecular flexibility index (Phi) is 2.35. The number of hydrogen-bond donors (Lipinski definition) is 1. The topological polar surface area (TPSA) is 55.4 Å². The Morgan fingerprint density at radius 1 is 1.42 bits per heavy atom. The Labute approximate surface area is 71.3 Å². The molecule has 4 heteroatoms. The lowest BCUT2D eigenvalue weighted by molar-refractivity contribution is -0.165. The van der Waals surface area contributed by atoms with Gasteiger partial charge in [-0.05, 0) is 12.8 Å². The molecule has 4 nitrogen and oxygen atoms in total. The van der Waals surface area contributed by atoms with Crippen molar-refractivity contribution in [2.24, 2.45) is 5.92 Å². The van der Waals surface area contributed by atoms with E-state index in [0.717, 1.165) is 0 Å². The fraction of sp³-hybridized carbons (Fsp3) is 0.750. The van der Waals surface area contributed by atoms with E-state index in [9.17, 15) is 9.59 Å². The van der Waals surface area contributed by atoms with Crippen molar-refractivity contribution in [3.63, 3.8) is 0 Å². The van der Waals surface area contributed by atoms with Crippen LogP contribution in [0.4, 0.5) is 0 Å². The minimum Gasteiger partial charge on any atom is -0.451 e. The van der Waals surface area contributed by atoms with Crippen LogP contribution in [0.3, 0.4) is 0 Å². The minimum absolute atomic E-state index is 0.0777. The molecule has 1 unspecified atom stereocenters. The van der Waals surface area contributed by atoms with Crippen molar-refractivity contribution in [2.45, 2.75) is 32.9 Å². The van der Waals surface area contributed by atoms with Crippen molar-refractivity contribution in [3.05, 3.63) is 0 Å². The predicted octanol–water partition coefficient (Wildman–Crippen LogP) is 0.0725. The molecule has 0 aliphatic carbocycles. The zero-order valence-electron chi connectivity index (χ0n) is 7.46. The van der Waals surface area contributed by atoms with Gasteiger partial charge < -0.3 is 10.1 Å². The van der Waals surface area contributed by atoms with E-state index in [0.29, 0.717) is 0 Å². The van der Waals surface area contributed by atoms with Gasteiger partial charge in [-0.15, -0.1) is 0 Å². The molecule has 0 saturated carbocycles. The van der Waals surface area contributed by atoms with E-state index < -0.39 is 12.1 Å². The maximum Gasteiger partial charge on any atom is 0.329 e. The summed E-state index contributed by atoms with van der Waals surface area (Å²) in [5.41, 5.74) is 0. The lowest BCUT2D eigenvalue weighted by atomic mass is 10.0. The van der Waals surface area contributed by atoms with Crippen LogP contribution in [0.2, 0.25) is 0 Å². The van der Waals surface area contributed by atoms with E-state index in [2.05, 4.69) is 5.32 Å². The minimum atomic E-state index is -0.646. The van der Waals surface area contributed by atoms with Crippen molar-refractivity contribution in [1.82, 2.24) is 5.32 Å². The molecule has 0 aromatic heterocycles. The molecule has 2 atom stereocenters. The highest BCUT2D eigenvalue weighted by molar-refractivity contribution is 5.92. The molecule has 1 rings (SSSR count). The number of hydrogen-bond acceptors (Lipinski definition) is 3. The SMILES string of the molecule is CC1OC(=O)[C@H](C(C)C)NC1=O.